The van der Waals surface area contributed by atoms with Crippen LogP contribution in [-0.4, -0.2) is 21.5 Å². The van der Waals surface area contributed by atoms with E-state index in [1.165, 1.54) is 4.80 Å². The first-order valence-electron chi connectivity index (χ1n) is 5.93. The molecule has 0 radical (unpaired) electrons. The van der Waals surface area contributed by atoms with Crippen molar-refractivity contribution in [2.75, 3.05) is 11.9 Å². The Morgan fingerprint density at radius 2 is 2.11 bits per heavy atom. The summed E-state index contributed by atoms with van der Waals surface area (Å²) >= 11 is 0. The molecule has 0 saturated heterocycles. The van der Waals surface area contributed by atoms with Crippen LogP contribution in [0.4, 0.5) is 5.82 Å². The predicted octanol–water partition coefficient (Wildman–Crippen LogP) is 2.27. The van der Waals surface area contributed by atoms with Crippen molar-refractivity contribution in [3.63, 3.8) is 0 Å². The highest BCUT2D eigenvalue weighted by Crippen LogP contribution is 2.15. The summed E-state index contributed by atoms with van der Waals surface area (Å²) in [5.41, 5.74) is 2.28. The molecule has 2 rings (SSSR count). The van der Waals surface area contributed by atoms with E-state index in [1.807, 2.05) is 31.2 Å². The lowest BCUT2D eigenvalue weighted by molar-refractivity contribution is 0.745. The third kappa shape index (κ3) is 2.33. The highest BCUT2D eigenvalue weighted by Gasteiger charge is 2.11. The molecule has 5 nitrogen and oxygen atoms in total. The van der Waals surface area contributed by atoms with Crippen LogP contribution in [0.5, 0.6) is 0 Å². The molecule has 5 heteroatoms. The molecule has 1 aromatic carbocycles. The fourth-order valence-corrected chi connectivity index (χ4v) is 1.64. The number of aryl methyl sites for hydroxylation is 1. The Kier molecular flexibility index (Phi) is 3.58. The van der Waals surface area contributed by atoms with Gasteiger partial charge in [0.15, 0.2) is 5.82 Å². The van der Waals surface area contributed by atoms with Crippen LogP contribution in [0.2, 0.25) is 0 Å². The van der Waals surface area contributed by atoms with E-state index in [4.69, 9.17) is 5.26 Å². The largest absolute Gasteiger partial charge is 0.366 e. The molecule has 1 N–H and O–H groups in total. The van der Waals surface area contributed by atoms with Crippen molar-refractivity contribution >= 4 is 5.82 Å². The smallest absolute Gasteiger partial charge is 0.207 e. The number of hydrogen-bond acceptors (Lipinski definition) is 4. The molecule has 2 aromatic rings. The van der Waals surface area contributed by atoms with Gasteiger partial charge in [-0.15, -0.1) is 15.0 Å². The molecule has 0 fully saturated rings. The molecule has 0 aliphatic heterocycles. The summed E-state index contributed by atoms with van der Waals surface area (Å²) in [5.74, 6) is 0.544. The molecule has 92 valence electrons. The number of nitrogens with zero attached hydrogens (tertiary/aromatic N) is 4. The van der Waals surface area contributed by atoms with E-state index in [2.05, 4.69) is 28.5 Å². The second-order valence-corrected chi connectivity index (χ2v) is 4.01. The molecule has 1 heterocycles. The summed E-state index contributed by atoms with van der Waals surface area (Å²) in [4.78, 5) is 1.51. The maximum absolute atomic E-state index is 9.04. The molecule has 18 heavy (non-hydrogen) atoms. The van der Waals surface area contributed by atoms with Crippen LogP contribution in [0, 0.1) is 18.3 Å². The average molecular weight is 241 g/mol. The molecule has 0 amide bonds. The van der Waals surface area contributed by atoms with Gasteiger partial charge in [0.2, 0.25) is 5.69 Å². The average Bonchev–Trinajstić information content (AvgIpc) is 2.80. The molecule has 0 aliphatic rings. The van der Waals surface area contributed by atoms with E-state index in [9.17, 15) is 0 Å². The summed E-state index contributed by atoms with van der Waals surface area (Å²) in [7, 11) is 0. The number of hydrogen-bond donors (Lipinski definition) is 1. The molecule has 1 aromatic heterocycles. The summed E-state index contributed by atoms with van der Waals surface area (Å²) in [5, 5.41) is 20.7. The first-order valence-corrected chi connectivity index (χ1v) is 5.93. The topological polar surface area (TPSA) is 66.5 Å². The Morgan fingerprint density at radius 3 is 2.78 bits per heavy atom. The zero-order valence-corrected chi connectivity index (χ0v) is 10.5. The van der Waals surface area contributed by atoms with Gasteiger partial charge >= 0.3 is 0 Å². The molecule has 0 atom stereocenters. The molecule has 0 spiro atoms. The highest BCUT2D eigenvalue weighted by molar-refractivity contribution is 5.48. The van der Waals surface area contributed by atoms with Gasteiger partial charge in [-0.05, 0) is 25.0 Å². The molecule has 0 bridgehead atoms. The standard InChI is InChI=1S/C13H15N5/c1-3-8-15-13-11(9-14)16-18(17-13)12-7-5-4-6-10(12)2/h4-7H,3,8H2,1-2H3,(H,15,17). The molecule has 0 unspecified atom stereocenters. The van der Waals surface area contributed by atoms with Gasteiger partial charge in [0, 0.05) is 6.54 Å². The SMILES string of the molecule is CCCNc1nn(-c2ccccc2C)nc1C#N. The third-order valence-corrected chi connectivity index (χ3v) is 2.59. The van der Waals surface area contributed by atoms with E-state index in [-0.39, 0.29) is 0 Å². The number of rotatable bonds is 4. The molecule has 0 saturated carbocycles. The van der Waals surface area contributed by atoms with Gasteiger partial charge < -0.3 is 5.32 Å². The third-order valence-electron chi connectivity index (χ3n) is 2.59. The van der Waals surface area contributed by atoms with Crippen molar-refractivity contribution in [3.8, 4) is 11.8 Å². The molecular weight excluding hydrogens is 226 g/mol. The maximum Gasteiger partial charge on any atom is 0.207 e. The quantitative estimate of drug-likeness (QED) is 0.891. The second-order valence-electron chi connectivity index (χ2n) is 4.01. The molecule has 0 aliphatic carbocycles. The van der Waals surface area contributed by atoms with Crippen molar-refractivity contribution in [1.29, 1.82) is 5.26 Å². The van der Waals surface area contributed by atoms with Gasteiger partial charge in [-0.3, -0.25) is 0 Å². The number of para-hydroxylation sites is 1. The van der Waals surface area contributed by atoms with Gasteiger partial charge in [0.25, 0.3) is 0 Å². The van der Waals surface area contributed by atoms with Crippen molar-refractivity contribution in [2.45, 2.75) is 20.3 Å². The number of anilines is 1. The van der Waals surface area contributed by atoms with Gasteiger partial charge in [-0.2, -0.15) is 5.26 Å². The normalized spacial score (nSPS) is 10.1. The van der Waals surface area contributed by atoms with Crippen LogP contribution >= 0.6 is 0 Å². The number of benzene rings is 1. The van der Waals surface area contributed by atoms with Crippen molar-refractivity contribution < 1.29 is 0 Å². The van der Waals surface area contributed by atoms with Crippen molar-refractivity contribution in [3.05, 3.63) is 35.5 Å². The van der Waals surface area contributed by atoms with E-state index in [0.717, 1.165) is 24.2 Å². The van der Waals surface area contributed by atoms with Gasteiger partial charge in [0.05, 0.1) is 5.69 Å². The van der Waals surface area contributed by atoms with Gasteiger partial charge in [0.1, 0.15) is 6.07 Å². The Morgan fingerprint density at radius 1 is 1.33 bits per heavy atom. The van der Waals surface area contributed by atoms with E-state index in [0.29, 0.717) is 11.5 Å². The van der Waals surface area contributed by atoms with Crippen LogP contribution in [-0.2, 0) is 0 Å². The summed E-state index contributed by atoms with van der Waals surface area (Å²) in [6.07, 6.45) is 0.974. The lowest BCUT2D eigenvalue weighted by Crippen LogP contribution is -2.03. The minimum atomic E-state index is 0.326. The first-order chi connectivity index (χ1) is 8.76. The minimum Gasteiger partial charge on any atom is -0.366 e. The fraction of sp³-hybridized carbons (Fsp3) is 0.308. The summed E-state index contributed by atoms with van der Waals surface area (Å²) < 4.78 is 0. The number of aromatic nitrogens is 3. The number of nitrogens with one attached hydrogen (secondary N) is 1. The van der Waals surface area contributed by atoms with Crippen molar-refractivity contribution in [2.24, 2.45) is 0 Å². The Bertz CT molecular complexity index is 579. The summed E-state index contributed by atoms with van der Waals surface area (Å²) in [6, 6.07) is 9.87. The monoisotopic (exact) mass is 241 g/mol. The van der Waals surface area contributed by atoms with Crippen LogP contribution in [0.1, 0.15) is 24.6 Å². The van der Waals surface area contributed by atoms with Crippen LogP contribution in [0.25, 0.3) is 5.69 Å². The van der Waals surface area contributed by atoms with Crippen molar-refractivity contribution in [1.82, 2.24) is 15.0 Å². The number of nitriles is 1. The Hall–Kier alpha value is -2.35. The van der Waals surface area contributed by atoms with E-state index in [1.54, 1.807) is 0 Å². The lowest BCUT2D eigenvalue weighted by atomic mass is 10.2. The zero-order valence-electron chi connectivity index (χ0n) is 10.5. The minimum absolute atomic E-state index is 0.326. The zero-order chi connectivity index (χ0) is 13.0. The van der Waals surface area contributed by atoms with Gasteiger partial charge in [-0.25, -0.2) is 0 Å². The van der Waals surface area contributed by atoms with Crippen LogP contribution in [0.3, 0.4) is 0 Å². The second kappa shape index (κ2) is 5.32. The molecular formula is C13H15N5. The van der Waals surface area contributed by atoms with E-state index < -0.39 is 0 Å². The Balaban J connectivity index is 2.39. The van der Waals surface area contributed by atoms with E-state index >= 15 is 0 Å². The first kappa shape index (κ1) is 12.1. The van der Waals surface area contributed by atoms with Gasteiger partial charge in [-0.1, -0.05) is 25.1 Å². The fourth-order valence-electron chi connectivity index (χ4n) is 1.64. The predicted molar refractivity (Wildman–Crippen MR) is 69.6 cm³/mol. The lowest BCUT2D eigenvalue weighted by Gasteiger charge is -2.02. The Labute approximate surface area is 106 Å². The maximum atomic E-state index is 9.04. The highest BCUT2D eigenvalue weighted by atomic mass is 15.5. The van der Waals surface area contributed by atoms with Crippen LogP contribution < -0.4 is 5.32 Å². The summed E-state index contributed by atoms with van der Waals surface area (Å²) in [6.45, 7) is 4.83. The van der Waals surface area contributed by atoms with Crippen LogP contribution in [0.15, 0.2) is 24.3 Å².